The van der Waals surface area contributed by atoms with Gasteiger partial charge in [-0.2, -0.15) is 0 Å². The first-order chi connectivity index (χ1) is 24.1. The third kappa shape index (κ3) is 12.9. The molecule has 0 saturated heterocycles. The molecule has 2 aromatic carbocycles. The van der Waals surface area contributed by atoms with Gasteiger partial charge in [0.1, 0.15) is 0 Å². The molecule has 3 N–H and O–H groups in total. The van der Waals surface area contributed by atoms with Crippen LogP contribution in [0.15, 0.2) is 24.3 Å². The number of hydrogen-bond donors (Lipinski definition) is 3. The summed E-state index contributed by atoms with van der Waals surface area (Å²) in [6, 6.07) is 7.53. The normalized spacial score (nSPS) is 14.4. The van der Waals surface area contributed by atoms with Crippen LogP contribution in [0.1, 0.15) is 167 Å². The second-order valence-corrected chi connectivity index (χ2v) is 20.2. The van der Waals surface area contributed by atoms with Crippen LogP contribution in [0.25, 0.3) is 0 Å². The molecule has 0 aliphatic heterocycles. The van der Waals surface area contributed by atoms with E-state index in [-0.39, 0.29) is 35.4 Å². The molecule has 7 nitrogen and oxygen atoms in total. The van der Waals surface area contributed by atoms with Crippen molar-refractivity contribution in [2.75, 3.05) is 13.2 Å². The summed E-state index contributed by atoms with van der Waals surface area (Å²) in [5.74, 6) is 0.264. The maximum absolute atomic E-state index is 12.8. The van der Waals surface area contributed by atoms with Crippen LogP contribution < -0.4 is 10.6 Å². The van der Waals surface area contributed by atoms with Crippen LogP contribution in [0.2, 0.25) is 0 Å². The van der Waals surface area contributed by atoms with Gasteiger partial charge in [0.05, 0.1) is 0 Å². The van der Waals surface area contributed by atoms with Crippen molar-refractivity contribution < 1.29 is 33.7 Å². The summed E-state index contributed by atoms with van der Waals surface area (Å²) in [5, 5.41) is 0.287. The Hall–Kier alpha value is -2.31. The van der Waals surface area contributed by atoms with Gasteiger partial charge in [-0.15, -0.1) is 0 Å². The zero-order valence-corrected chi connectivity index (χ0v) is 35.7. The van der Waals surface area contributed by atoms with Crippen LogP contribution in [0.3, 0.4) is 0 Å². The van der Waals surface area contributed by atoms with Crippen molar-refractivity contribution in [1.82, 2.24) is 0 Å². The second-order valence-electron chi connectivity index (χ2n) is 17.3. The fourth-order valence-corrected chi connectivity index (χ4v) is 10.5. The van der Waals surface area contributed by atoms with E-state index in [0.717, 1.165) is 62.5 Å². The average Bonchev–Trinajstić information content (AvgIpc) is 3.04. The summed E-state index contributed by atoms with van der Waals surface area (Å²) >= 11 is 0. The number of hydrogen-bond acceptors (Lipinski definition) is 7. The summed E-state index contributed by atoms with van der Waals surface area (Å²) in [7, 11) is -5.77. The Balaban J connectivity index is 2.47. The van der Waals surface area contributed by atoms with E-state index < -0.39 is 18.1 Å². The SMILES string of the molecule is CCCCC(CC)COC(=O)CCc1cc(C)c(P(O)(O)(O)c2c(C)cc(CCC(=O)OCC(CC)CCCC)cc2C(C)(C)C)c(C(C)(C)C)c1. The second kappa shape index (κ2) is 19.3. The Labute approximate surface area is 316 Å². The van der Waals surface area contributed by atoms with Gasteiger partial charge in [0.15, 0.2) is 0 Å². The summed E-state index contributed by atoms with van der Waals surface area (Å²) in [4.78, 5) is 63.0. The molecule has 2 unspecified atom stereocenters. The van der Waals surface area contributed by atoms with E-state index in [4.69, 9.17) is 9.47 Å². The Kier molecular flexibility index (Phi) is 17.0. The third-order valence-electron chi connectivity index (χ3n) is 10.4. The first kappa shape index (κ1) is 45.8. The molecule has 0 heterocycles. The van der Waals surface area contributed by atoms with Crippen molar-refractivity contribution in [2.45, 2.75) is 171 Å². The number of unbranched alkanes of at least 4 members (excludes halogenated alkanes) is 2. The Morgan fingerprint density at radius 1 is 0.635 bits per heavy atom. The summed E-state index contributed by atoms with van der Waals surface area (Å²) < 4.78 is 11.3. The van der Waals surface area contributed by atoms with Gasteiger partial charge in [0.2, 0.25) is 0 Å². The first-order valence-corrected chi connectivity index (χ1v) is 22.0. The maximum atomic E-state index is 12.8. The van der Waals surface area contributed by atoms with E-state index in [0.29, 0.717) is 60.1 Å². The summed E-state index contributed by atoms with van der Waals surface area (Å²) in [6.45, 7) is 25.0. The number of aryl methyl sites for hydroxylation is 4. The van der Waals surface area contributed by atoms with Crippen LogP contribution in [0.4, 0.5) is 0 Å². The Morgan fingerprint density at radius 3 is 1.27 bits per heavy atom. The van der Waals surface area contributed by atoms with Crippen LogP contribution in [0, 0.1) is 25.7 Å². The number of esters is 2. The molecule has 2 atom stereocenters. The number of rotatable bonds is 20. The van der Waals surface area contributed by atoms with Crippen LogP contribution in [-0.4, -0.2) is 39.8 Å². The number of ether oxygens (including phenoxy) is 2. The summed E-state index contributed by atoms with van der Waals surface area (Å²) in [6.07, 6.45) is 9.86. The average molecular weight is 745 g/mol. The van der Waals surface area contributed by atoms with Gasteiger partial charge in [-0.05, 0) is 0 Å². The predicted octanol–water partition coefficient (Wildman–Crippen LogP) is 9.51. The van der Waals surface area contributed by atoms with Crippen LogP contribution >= 0.6 is 7.28 Å². The molecule has 0 bridgehead atoms. The number of carbonyl (C=O) groups excluding carboxylic acids is 2. The van der Waals surface area contributed by atoms with Crippen molar-refractivity contribution >= 4 is 29.8 Å². The minimum atomic E-state index is -5.77. The van der Waals surface area contributed by atoms with E-state index >= 15 is 0 Å². The van der Waals surface area contributed by atoms with Crippen molar-refractivity contribution in [2.24, 2.45) is 11.8 Å². The van der Waals surface area contributed by atoms with Gasteiger partial charge in [-0.3, -0.25) is 0 Å². The quantitative estimate of drug-likeness (QED) is 0.0915. The molecule has 0 spiro atoms. The van der Waals surface area contributed by atoms with Crippen molar-refractivity contribution in [1.29, 1.82) is 0 Å². The molecule has 2 rings (SSSR count). The molecule has 0 fully saturated rings. The molecular formula is C44H73O7P. The van der Waals surface area contributed by atoms with Crippen molar-refractivity contribution in [3.8, 4) is 0 Å². The van der Waals surface area contributed by atoms with Gasteiger partial charge in [0, 0.05) is 0 Å². The third-order valence-corrected chi connectivity index (χ3v) is 13.3. The van der Waals surface area contributed by atoms with Gasteiger partial charge in [0.25, 0.3) is 0 Å². The summed E-state index contributed by atoms with van der Waals surface area (Å²) in [5.41, 5.74) is 2.99. The molecule has 52 heavy (non-hydrogen) atoms. The van der Waals surface area contributed by atoms with E-state index in [1.165, 1.54) is 0 Å². The zero-order chi connectivity index (χ0) is 39.5. The first-order valence-electron chi connectivity index (χ1n) is 19.9. The van der Waals surface area contributed by atoms with Crippen molar-refractivity contribution in [3.63, 3.8) is 0 Å². The molecular weight excluding hydrogens is 671 g/mol. The molecule has 0 saturated carbocycles. The van der Waals surface area contributed by atoms with E-state index in [1.54, 1.807) is 13.8 Å². The van der Waals surface area contributed by atoms with Gasteiger partial charge in [-0.25, -0.2) is 0 Å². The van der Waals surface area contributed by atoms with Gasteiger partial charge < -0.3 is 0 Å². The van der Waals surface area contributed by atoms with Crippen molar-refractivity contribution in [3.05, 3.63) is 57.6 Å². The molecule has 0 aliphatic rings. The van der Waals surface area contributed by atoms with Crippen LogP contribution in [0.5, 0.6) is 0 Å². The topological polar surface area (TPSA) is 113 Å². The molecule has 0 aliphatic carbocycles. The fraction of sp³-hybridized carbons (Fsp3) is 0.682. The molecule has 0 aromatic heterocycles. The Morgan fingerprint density at radius 2 is 0.981 bits per heavy atom. The number of benzene rings is 2. The molecule has 0 amide bonds. The molecule has 8 heteroatoms. The minimum absolute atomic E-state index is 0.144. The predicted molar refractivity (Wildman–Crippen MR) is 218 cm³/mol. The van der Waals surface area contributed by atoms with Gasteiger partial charge >= 0.3 is 291 Å². The van der Waals surface area contributed by atoms with E-state index in [9.17, 15) is 24.3 Å². The van der Waals surface area contributed by atoms with E-state index in [1.807, 2.05) is 65.8 Å². The Bertz CT molecular complexity index is 1370. The van der Waals surface area contributed by atoms with Crippen LogP contribution in [-0.2, 0) is 42.7 Å². The fourth-order valence-electron chi connectivity index (χ4n) is 7.20. The molecule has 296 valence electrons. The zero-order valence-electron chi connectivity index (χ0n) is 34.8. The molecule has 2 aromatic rings. The number of carbonyl (C=O) groups is 2. The van der Waals surface area contributed by atoms with E-state index in [2.05, 4.69) is 27.7 Å². The standard InChI is InChI=1S/C44H73O7P/c1-13-17-19-33(15-3)29-50-39(45)23-21-35-25-31(5)41(37(27-35)43(7,8)9)52(47,48,49)42-32(6)26-36(28-38(42)44(10,11)12)22-24-40(46)51-30-34(16-4)20-18-14-2/h25-28,33-34,47-49H,13-24,29-30H2,1-12H3. The monoisotopic (exact) mass is 745 g/mol. The molecule has 0 radical (unpaired) electrons. The van der Waals surface area contributed by atoms with Gasteiger partial charge in [-0.1, -0.05) is 26.7 Å².